The lowest BCUT2D eigenvalue weighted by Gasteiger charge is -2.21. The van der Waals surface area contributed by atoms with Crippen LogP contribution in [0.3, 0.4) is 0 Å². The predicted molar refractivity (Wildman–Crippen MR) is 122 cm³/mol. The van der Waals surface area contributed by atoms with Gasteiger partial charge in [0.15, 0.2) is 0 Å². The third-order valence-electron chi connectivity index (χ3n) is 6.40. The van der Waals surface area contributed by atoms with Gasteiger partial charge in [-0.25, -0.2) is 4.79 Å². The highest BCUT2D eigenvalue weighted by molar-refractivity contribution is 5.79. The van der Waals surface area contributed by atoms with Crippen LogP contribution in [0.25, 0.3) is 11.1 Å². The van der Waals surface area contributed by atoms with Gasteiger partial charge in [0.2, 0.25) is 0 Å². The van der Waals surface area contributed by atoms with Crippen LogP contribution in [0.2, 0.25) is 0 Å². The van der Waals surface area contributed by atoms with Crippen LogP contribution in [0.4, 0.5) is 4.79 Å². The van der Waals surface area contributed by atoms with Crippen LogP contribution in [0, 0.1) is 0 Å². The molecule has 0 radical (unpaired) electrons. The van der Waals surface area contributed by atoms with E-state index in [0.717, 1.165) is 35.1 Å². The van der Waals surface area contributed by atoms with Crippen molar-refractivity contribution in [3.63, 3.8) is 0 Å². The number of alkyl carbamates (subject to hydrolysis) is 1. The Balaban J connectivity index is 1.32. The number of hydrogen-bond donors (Lipinski definition) is 2. The summed E-state index contributed by atoms with van der Waals surface area (Å²) in [7, 11) is 0. The molecule has 2 N–H and O–H groups in total. The van der Waals surface area contributed by atoms with Crippen molar-refractivity contribution in [3.8, 4) is 11.1 Å². The number of aliphatic carboxylic acids is 1. The molecule has 0 saturated heterocycles. The summed E-state index contributed by atoms with van der Waals surface area (Å²) in [6.07, 6.45) is 1.42. The van der Waals surface area contributed by atoms with Crippen molar-refractivity contribution in [2.75, 3.05) is 6.61 Å². The molecular formula is C27H25NO4. The van der Waals surface area contributed by atoms with Gasteiger partial charge >= 0.3 is 12.1 Å². The lowest BCUT2D eigenvalue weighted by atomic mass is 9.95. The van der Waals surface area contributed by atoms with Crippen molar-refractivity contribution in [2.45, 2.75) is 37.1 Å². The second kappa shape index (κ2) is 8.50. The molecular weight excluding hydrogens is 402 g/mol. The zero-order chi connectivity index (χ0) is 22.1. The molecule has 1 saturated carbocycles. The number of amides is 1. The Kier molecular flexibility index (Phi) is 5.39. The third-order valence-corrected chi connectivity index (χ3v) is 6.40. The molecule has 3 aromatic rings. The number of fused-ring (bicyclic) bond motifs is 3. The van der Waals surface area contributed by atoms with Gasteiger partial charge in [0, 0.05) is 5.92 Å². The Labute approximate surface area is 187 Å². The van der Waals surface area contributed by atoms with E-state index in [1.165, 1.54) is 11.1 Å². The smallest absolute Gasteiger partial charge is 0.407 e. The molecule has 0 aliphatic heterocycles. The van der Waals surface area contributed by atoms with E-state index in [4.69, 9.17) is 4.74 Å². The summed E-state index contributed by atoms with van der Waals surface area (Å²) in [6.45, 7) is 0.198. The number of nitrogens with one attached hydrogen (secondary N) is 1. The monoisotopic (exact) mass is 427 g/mol. The van der Waals surface area contributed by atoms with E-state index in [1.54, 1.807) is 0 Å². The Morgan fingerprint density at radius 3 is 2.03 bits per heavy atom. The normalized spacial score (nSPS) is 15.5. The van der Waals surface area contributed by atoms with E-state index < -0.39 is 18.1 Å². The van der Waals surface area contributed by atoms with Crippen LogP contribution in [-0.4, -0.2) is 23.8 Å². The highest BCUT2D eigenvalue weighted by atomic mass is 16.5. The molecule has 0 heterocycles. The first-order chi connectivity index (χ1) is 15.6. The lowest BCUT2D eigenvalue weighted by molar-refractivity contribution is -0.137. The van der Waals surface area contributed by atoms with Gasteiger partial charge in [-0.3, -0.25) is 4.79 Å². The first kappa shape index (κ1) is 20.3. The van der Waals surface area contributed by atoms with Gasteiger partial charge in [0.25, 0.3) is 0 Å². The van der Waals surface area contributed by atoms with E-state index in [1.807, 2.05) is 48.5 Å². The fourth-order valence-corrected chi connectivity index (χ4v) is 4.79. The summed E-state index contributed by atoms with van der Waals surface area (Å²) in [5.74, 6) is -0.545. The van der Waals surface area contributed by atoms with Crippen LogP contribution in [0.15, 0.2) is 72.8 Å². The van der Waals surface area contributed by atoms with Gasteiger partial charge < -0.3 is 15.2 Å². The summed E-state index contributed by atoms with van der Waals surface area (Å²) in [5, 5.41) is 12.2. The van der Waals surface area contributed by atoms with Crippen molar-refractivity contribution in [3.05, 3.63) is 95.1 Å². The minimum atomic E-state index is -0.959. The third kappa shape index (κ3) is 3.98. The van der Waals surface area contributed by atoms with Crippen molar-refractivity contribution in [1.29, 1.82) is 0 Å². The van der Waals surface area contributed by atoms with Gasteiger partial charge in [0.1, 0.15) is 6.61 Å². The number of carboxylic acids is 1. The average Bonchev–Trinajstić information content (AvgIpc) is 3.60. The van der Waals surface area contributed by atoms with Gasteiger partial charge in [-0.05, 0) is 52.1 Å². The van der Waals surface area contributed by atoms with Crippen LogP contribution < -0.4 is 5.32 Å². The SMILES string of the molecule is O=C(O)C[C@H](NC(=O)OCC1c2ccccc2-c2ccccc21)c1ccccc1C1CC1. The van der Waals surface area contributed by atoms with Gasteiger partial charge in [0.05, 0.1) is 12.5 Å². The van der Waals surface area contributed by atoms with Crippen LogP contribution in [0.5, 0.6) is 0 Å². The molecule has 162 valence electrons. The number of benzene rings is 3. The average molecular weight is 428 g/mol. The minimum Gasteiger partial charge on any atom is -0.481 e. The zero-order valence-corrected chi connectivity index (χ0v) is 17.7. The molecule has 5 rings (SSSR count). The molecule has 3 aromatic carbocycles. The summed E-state index contributed by atoms with van der Waals surface area (Å²) < 4.78 is 5.65. The quantitative estimate of drug-likeness (QED) is 0.513. The molecule has 32 heavy (non-hydrogen) atoms. The van der Waals surface area contributed by atoms with Crippen LogP contribution in [-0.2, 0) is 9.53 Å². The molecule has 0 spiro atoms. The maximum Gasteiger partial charge on any atom is 0.407 e. The lowest BCUT2D eigenvalue weighted by Crippen LogP contribution is -2.32. The highest BCUT2D eigenvalue weighted by Gasteiger charge is 2.31. The predicted octanol–water partition coefficient (Wildman–Crippen LogP) is 5.62. The Bertz CT molecular complexity index is 1120. The number of ether oxygens (including phenoxy) is 1. The standard InChI is InChI=1S/C27H25NO4/c29-26(30)15-25(23-12-6-1-7-18(23)17-13-14-17)28-27(31)32-16-24-21-10-4-2-8-19(21)20-9-3-5-11-22(20)24/h1-12,17,24-25H,13-16H2,(H,28,31)(H,29,30)/t25-/m0/s1. The van der Waals surface area contributed by atoms with Crippen LogP contribution in [0.1, 0.15) is 59.4 Å². The van der Waals surface area contributed by atoms with Gasteiger partial charge in [-0.1, -0.05) is 72.8 Å². The number of carbonyl (C=O) groups excluding carboxylic acids is 1. The summed E-state index contributed by atoms with van der Waals surface area (Å²) >= 11 is 0. The largest absolute Gasteiger partial charge is 0.481 e. The minimum absolute atomic E-state index is 0.0372. The fraction of sp³-hybridized carbons (Fsp3) is 0.259. The maximum absolute atomic E-state index is 12.8. The molecule has 1 atom stereocenters. The van der Waals surface area contributed by atoms with E-state index >= 15 is 0 Å². The van der Waals surface area contributed by atoms with Gasteiger partial charge in [-0.15, -0.1) is 0 Å². The molecule has 5 heteroatoms. The highest BCUT2D eigenvalue weighted by Crippen LogP contribution is 2.45. The summed E-state index contributed by atoms with van der Waals surface area (Å²) in [6, 6.07) is 23.5. The first-order valence-electron chi connectivity index (χ1n) is 11.0. The van der Waals surface area contributed by atoms with E-state index in [-0.39, 0.29) is 18.9 Å². The summed E-state index contributed by atoms with van der Waals surface area (Å²) in [5.41, 5.74) is 6.60. The number of carbonyl (C=O) groups is 2. The number of hydrogen-bond acceptors (Lipinski definition) is 3. The topological polar surface area (TPSA) is 75.6 Å². The van der Waals surface area contributed by atoms with E-state index in [9.17, 15) is 14.7 Å². The second-order valence-corrected chi connectivity index (χ2v) is 8.52. The molecule has 2 aliphatic carbocycles. The van der Waals surface area contributed by atoms with Crippen LogP contribution >= 0.6 is 0 Å². The second-order valence-electron chi connectivity index (χ2n) is 8.52. The van der Waals surface area contributed by atoms with Gasteiger partial charge in [-0.2, -0.15) is 0 Å². The molecule has 0 unspecified atom stereocenters. The first-order valence-corrected chi connectivity index (χ1v) is 11.0. The fourth-order valence-electron chi connectivity index (χ4n) is 4.79. The summed E-state index contributed by atoms with van der Waals surface area (Å²) in [4.78, 5) is 24.3. The van der Waals surface area contributed by atoms with E-state index in [2.05, 4.69) is 29.6 Å². The van der Waals surface area contributed by atoms with Crippen molar-refractivity contribution in [2.24, 2.45) is 0 Å². The molecule has 2 aliphatic rings. The van der Waals surface area contributed by atoms with E-state index in [0.29, 0.717) is 5.92 Å². The van der Waals surface area contributed by atoms with Crippen molar-refractivity contribution in [1.82, 2.24) is 5.32 Å². The Hall–Kier alpha value is -3.60. The molecule has 0 aromatic heterocycles. The van der Waals surface area contributed by atoms with Crippen molar-refractivity contribution < 1.29 is 19.4 Å². The molecule has 1 amide bonds. The molecule has 5 nitrogen and oxygen atoms in total. The van der Waals surface area contributed by atoms with Crippen molar-refractivity contribution >= 4 is 12.1 Å². The molecule has 0 bridgehead atoms. The number of rotatable bonds is 7. The molecule has 1 fully saturated rings. The Morgan fingerprint density at radius 2 is 1.44 bits per heavy atom. The number of carboxylic acid groups (broad SMARTS) is 1. The zero-order valence-electron chi connectivity index (χ0n) is 17.7. The Morgan fingerprint density at radius 1 is 0.875 bits per heavy atom. The maximum atomic E-state index is 12.8.